The van der Waals surface area contributed by atoms with Crippen molar-refractivity contribution in [2.24, 2.45) is 0 Å². The standard InChI is InChI=1S/C16H19N5O2S/c1-10-8-13(17)20-16(18-10)24-9-14(22)19-12-6-4-11(5-7-12)15(23)21(2)3/h4-8H,9H2,1-3H3,(H,19,22)(H2,17,18,20). The lowest BCUT2D eigenvalue weighted by molar-refractivity contribution is -0.113. The first-order valence-electron chi connectivity index (χ1n) is 7.20. The summed E-state index contributed by atoms with van der Waals surface area (Å²) in [5.41, 5.74) is 7.60. The number of thioether (sulfide) groups is 1. The lowest BCUT2D eigenvalue weighted by Gasteiger charge is -2.11. The Labute approximate surface area is 144 Å². The molecule has 0 unspecified atom stereocenters. The van der Waals surface area contributed by atoms with Gasteiger partial charge in [0, 0.05) is 37.1 Å². The molecule has 1 heterocycles. The van der Waals surface area contributed by atoms with E-state index in [-0.39, 0.29) is 17.6 Å². The van der Waals surface area contributed by atoms with Gasteiger partial charge in [0.15, 0.2) is 5.16 Å². The summed E-state index contributed by atoms with van der Waals surface area (Å²) >= 11 is 1.21. The van der Waals surface area contributed by atoms with Crippen molar-refractivity contribution in [2.75, 3.05) is 30.9 Å². The minimum atomic E-state index is -0.185. The van der Waals surface area contributed by atoms with Crippen LogP contribution in [0.1, 0.15) is 16.1 Å². The number of anilines is 2. The van der Waals surface area contributed by atoms with Crippen LogP contribution in [0.3, 0.4) is 0 Å². The van der Waals surface area contributed by atoms with Gasteiger partial charge >= 0.3 is 0 Å². The summed E-state index contributed by atoms with van der Waals surface area (Å²) in [6.45, 7) is 1.82. The van der Waals surface area contributed by atoms with Crippen LogP contribution in [-0.2, 0) is 4.79 Å². The van der Waals surface area contributed by atoms with Crippen LogP contribution in [0.2, 0.25) is 0 Å². The number of nitrogens with one attached hydrogen (secondary N) is 1. The van der Waals surface area contributed by atoms with Crippen molar-refractivity contribution in [3.8, 4) is 0 Å². The molecule has 0 saturated carbocycles. The van der Waals surface area contributed by atoms with Crippen LogP contribution in [0.25, 0.3) is 0 Å². The zero-order valence-corrected chi connectivity index (χ0v) is 14.6. The van der Waals surface area contributed by atoms with Gasteiger partial charge in [-0.15, -0.1) is 0 Å². The monoisotopic (exact) mass is 345 g/mol. The van der Waals surface area contributed by atoms with Crippen LogP contribution in [0, 0.1) is 6.92 Å². The van der Waals surface area contributed by atoms with Crippen molar-refractivity contribution >= 4 is 35.1 Å². The smallest absolute Gasteiger partial charge is 0.253 e. The molecule has 8 heteroatoms. The number of benzene rings is 1. The summed E-state index contributed by atoms with van der Waals surface area (Å²) in [6.07, 6.45) is 0. The summed E-state index contributed by atoms with van der Waals surface area (Å²) in [6, 6.07) is 8.41. The lowest BCUT2D eigenvalue weighted by Crippen LogP contribution is -2.21. The van der Waals surface area contributed by atoms with Gasteiger partial charge in [-0.3, -0.25) is 9.59 Å². The Bertz CT molecular complexity index is 726. The van der Waals surface area contributed by atoms with E-state index in [0.717, 1.165) is 5.69 Å². The zero-order chi connectivity index (χ0) is 17.7. The molecule has 2 rings (SSSR count). The number of hydrogen-bond donors (Lipinski definition) is 2. The fraction of sp³-hybridized carbons (Fsp3) is 0.250. The topological polar surface area (TPSA) is 101 Å². The minimum absolute atomic E-state index is 0.0855. The van der Waals surface area contributed by atoms with E-state index in [1.807, 2.05) is 6.92 Å². The predicted octanol–water partition coefficient (Wildman–Crippen LogP) is 1.80. The summed E-state index contributed by atoms with van der Waals surface area (Å²) in [5.74, 6) is 0.279. The van der Waals surface area contributed by atoms with Crippen molar-refractivity contribution < 1.29 is 9.59 Å². The molecule has 24 heavy (non-hydrogen) atoms. The molecule has 0 radical (unpaired) electrons. The molecular weight excluding hydrogens is 326 g/mol. The van der Waals surface area contributed by atoms with Gasteiger partial charge in [0.05, 0.1) is 5.75 Å². The van der Waals surface area contributed by atoms with Gasteiger partial charge in [-0.2, -0.15) is 0 Å². The number of amides is 2. The van der Waals surface area contributed by atoms with Crippen LogP contribution < -0.4 is 11.1 Å². The Morgan fingerprint density at radius 3 is 2.46 bits per heavy atom. The van der Waals surface area contributed by atoms with E-state index in [9.17, 15) is 9.59 Å². The van der Waals surface area contributed by atoms with E-state index in [2.05, 4.69) is 15.3 Å². The Morgan fingerprint density at radius 1 is 1.21 bits per heavy atom. The molecule has 1 aromatic carbocycles. The molecule has 7 nitrogen and oxygen atoms in total. The number of nitrogen functional groups attached to an aromatic ring is 1. The number of nitrogens with two attached hydrogens (primary N) is 1. The molecular formula is C16H19N5O2S. The average molecular weight is 345 g/mol. The van der Waals surface area contributed by atoms with E-state index in [0.29, 0.717) is 22.2 Å². The normalized spacial score (nSPS) is 10.3. The van der Waals surface area contributed by atoms with E-state index >= 15 is 0 Å². The third-order valence-electron chi connectivity index (χ3n) is 3.01. The summed E-state index contributed by atoms with van der Waals surface area (Å²) in [7, 11) is 3.38. The van der Waals surface area contributed by atoms with Crippen molar-refractivity contribution in [3.63, 3.8) is 0 Å². The van der Waals surface area contributed by atoms with Crippen LogP contribution in [0.5, 0.6) is 0 Å². The molecule has 0 aliphatic heterocycles. The second-order valence-electron chi connectivity index (χ2n) is 5.33. The number of hydrogen-bond acceptors (Lipinski definition) is 6. The molecule has 0 fully saturated rings. The van der Waals surface area contributed by atoms with E-state index in [1.165, 1.54) is 16.7 Å². The molecule has 0 saturated heterocycles. The maximum atomic E-state index is 12.0. The van der Waals surface area contributed by atoms with Gasteiger partial charge in [0.25, 0.3) is 5.91 Å². The van der Waals surface area contributed by atoms with Crippen molar-refractivity contribution in [1.82, 2.24) is 14.9 Å². The second kappa shape index (κ2) is 7.78. The lowest BCUT2D eigenvalue weighted by atomic mass is 10.2. The fourth-order valence-corrected chi connectivity index (χ4v) is 2.62. The van der Waals surface area contributed by atoms with Crippen LogP contribution in [0.15, 0.2) is 35.5 Å². The quantitative estimate of drug-likeness (QED) is 0.633. The van der Waals surface area contributed by atoms with Gasteiger partial charge in [-0.1, -0.05) is 11.8 Å². The summed E-state index contributed by atoms with van der Waals surface area (Å²) < 4.78 is 0. The highest BCUT2D eigenvalue weighted by atomic mass is 32.2. The molecule has 0 bridgehead atoms. The Morgan fingerprint density at radius 2 is 1.88 bits per heavy atom. The Kier molecular flexibility index (Phi) is 5.75. The number of nitrogens with zero attached hydrogens (tertiary/aromatic N) is 3. The fourth-order valence-electron chi connectivity index (χ4n) is 1.91. The van der Waals surface area contributed by atoms with Gasteiger partial charge in [-0.05, 0) is 31.2 Å². The third kappa shape index (κ3) is 4.95. The van der Waals surface area contributed by atoms with Crippen molar-refractivity contribution in [2.45, 2.75) is 12.1 Å². The maximum absolute atomic E-state index is 12.0. The Hall–Kier alpha value is -2.61. The zero-order valence-electron chi connectivity index (χ0n) is 13.7. The molecule has 126 valence electrons. The SMILES string of the molecule is Cc1cc(N)nc(SCC(=O)Nc2ccc(C(=O)N(C)C)cc2)n1. The van der Waals surface area contributed by atoms with Crippen molar-refractivity contribution in [1.29, 1.82) is 0 Å². The third-order valence-corrected chi connectivity index (χ3v) is 3.85. The van der Waals surface area contributed by atoms with E-state index in [4.69, 9.17) is 5.73 Å². The van der Waals surface area contributed by atoms with Gasteiger partial charge in [0.2, 0.25) is 5.91 Å². The van der Waals surface area contributed by atoms with E-state index < -0.39 is 0 Å². The molecule has 2 aromatic rings. The van der Waals surface area contributed by atoms with Gasteiger partial charge in [-0.25, -0.2) is 9.97 Å². The molecule has 0 atom stereocenters. The number of carbonyl (C=O) groups excluding carboxylic acids is 2. The van der Waals surface area contributed by atoms with Crippen LogP contribution >= 0.6 is 11.8 Å². The molecule has 3 N–H and O–H groups in total. The molecule has 2 amide bonds. The number of aromatic nitrogens is 2. The number of carbonyl (C=O) groups is 2. The summed E-state index contributed by atoms with van der Waals surface area (Å²) in [4.78, 5) is 33.6. The first-order valence-corrected chi connectivity index (χ1v) is 8.19. The van der Waals surface area contributed by atoms with Crippen LogP contribution in [-0.4, -0.2) is 46.5 Å². The molecule has 0 spiro atoms. The first-order chi connectivity index (χ1) is 11.3. The number of aryl methyl sites for hydroxylation is 1. The van der Waals surface area contributed by atoms with Gasteiger partial charge in [0.1, 0.15) is 5.82 Å². The molecule has 0 aliphatic carbocycles. The maximum Gasteiger partial charge on any atom is 0.253 e. The highest BCUT2D eigenvalue weighted by Crippen LogP contribution is 2.16. The average Bonchev–Trinajstić information content (AvgIpc) is 2.52. The van der Waals surface area contributed by atoms with Gasteiger partial charge < -0.3 is 16.0 Å². The first kappa shape index (κ1) is 17.7. The largest absolute Gasteiger partial charge is 0.384 e. The molecule has 0 aliphatic rings. The summed E-state index contributed by atoms with van der Waals surface area (Å²) in [5, 5.41) is 3.23. The molecule has 1 aromatic heterocycles. The second-order valence-corrected chi connectivity index (χ2v) is 6.27. The highest BCUT2D eigenvalue weighted by Gasteiger charge is 2.09. The minimum Gasteiger partial charge on any atom is -0.384 e. The van der Waals surface area contributed by atoms with Crippen LogP contribution in [0.4, 0.5) is 11.5 Å². The highest BCUT2D eigenvalue weighted by molar-refractivity contribution is 7.99. The van der Waals surface area contributed by atoms with E-state index in [1.54, 1.807) is 44.4 Å². The van der Waals surface area contributed by atoms with Crippen molar-refractivity contribution in [3.05, 3.63) is 41.6 Å². The Balaban J connectivity index is 1.91. The predicted molar refractivity (Wildman–Crippen MR) is 95.0 cm³/mol. The number of rotatable bonds is 5.